The predicted molar refractivity (Wildman–Crippen MR) is 50.9 cm³/mol. The molecule has 0 N–H and O–H groups in total. The fourth-order valence-electron chi connectivity index (χ4n) is 1.62. The smallest absolute Gasteiger partial charge is 0.454 e. The third-order valence-electron chi connectivity index (χ3n) is 3.20. The Balaban J connectivity index is 3.53. The van der Waals surface area contributed by atoms with E-state index in [0.29, 0.717) is 0 Å². The Hall–Kier alpha value is -1.78. The van der Waals surface area contributed by atoms with Crippen molar-refractivity contribution in [3.05, 3.63) is 12.0 Å². The van der Waals surface area contributed by atoms with Crippen molar-refractivity contribution in [3.63, 3.8) is 0 Å². The maximum absolute atomic E-state index is 13.7. The predicted octanol–water partition coefficient (Wildman–Crippen LogP) is 5.50. The van der Waals surface area contributed by atoms with E-state index < -0.39 is 60.3 Å². The Bertz CT molecular complexity index is 644. The van der Waals surface area contributed by atoms with Gasteiger partial charge in [0.1, 0.15) is 0 Å². The molecular weight excluding hydrogens is 456 g/mol. The summed E-state index contributed by atoms with van der Waals surface area (Å²) in [6.07, 6.45) is -11.0. The van der Waals surface area contributed by atoms with Gasteiger partial charge in [0.05, 0.1) is 0 Å². The number of ether oxygens (including phenoxy) is 2. The lowest BCUT2D eigenvalue weighted by Crippen LogP contribution is -2.73. The van der Waals surface area contributed by atoms with Crippen molar-refractivity contribution in [1.29, 1.82) is 0 Å². The lowest BCUT2D eigenvalue weighted by Gasteiger charge is -2.41. The molecule has 0 bridgehead atoms. The molecule has 0 aromatic carbocycles. The molecule has 0 aromatic rings. The van der Waals surface area contributed by atoms with Gasteiger partial charge in [0.15, 0.2) is 6.61 Å². The van der Waals surface area contributed by atoms with Crippen molar-refractivity contribution in [1.82, 2.24) is 0 Å². The first-order valence-corrected chi connectivity index (χ1v) is 6.03. The van der Waals surface area contributed by atoms with Gasteiger partial charge in [-0.2, -0.15) is 70.2 Å². The van der Waals surface area contributed by atoms with E-state index in [9.17, 15) is 70.2 Å². The summed E-state index contributed by atoms with van der Waals surface area (Å²) in [4.78, 5) is 0. The number of hydrogen-bond acceptors (Lipinski definition) is 2. The highest BCUT2D eigenvalue weighted by molar-refractivity contribution is 5.14. The largest absolute Gasteiger partial charge is 0.460 e. The molecule has 166 valence electrons. The summed E-state index contributed by atoms with van der Waals surface area (Å²) in [6, 6.07) is 0. The Labute approximate surface area is 141 Å². The molecule has 18 heteroatoms. The van der Waals surface area contributed by atoms with Crippen LogP contribution < -0.4 is 0 Å². The van der Waals surface area contributed by atoms with Gasteiger partial charge in [-0.25, -0.2) is 0 Å². The molecule has 1 atom stereocenters. The summed E-state index contributed by atoms with van der Waals surface area (Å²) in [5.74, 6) is -48.3. The average Bonchev–Trinajstić information content (AvgIpc) is 2.89. The van der Waals surface area contributed by atoms with Crippen LogP contribution in [0.5, 0.6) is 0 Å². The molecule has 1 unspecified atom stereocenters. The fraction of sp³-hybridized carbons (Fsp3) is 0.800. The van der Waals surface area contributed by atoms with E-state index in [0.717, 1.165) is 0 Å². The van der Waals surface area contributed by atoms with Crippen LogP contribution in [0.3, 0.4) is 0 Å². The van der Waals surface area contributed by atoms with Gasteiger partial charge in [-0.1, -0.05) is 0 Å². The minimum atomic E-state index is -8.29. The highest BCUT2D eigenvalue weighted by atomic mass is 19.4. The molecule has 0 spiro atoms. The van der Waals surface area contributed by atoms with E-state index in [1.165, 1.54) is 0 Å². The highest BCUT2D eigenvalue weighted by Crippen LogP contribution is 2.62. The summed E-state index contributed by atoms with van der Waals surface area (Å²) in [6.45, 7) is -2.76. The fourth-order valence-corrected chi connectivity index (χ4v) is 1.62. The van der Waals surface area contributed by atoms with Crippen molar-refractivity contribution >= 4 is 0 Å². The third kappa shape index (κ3) is 2.89. The normalized spacial score (nSPS) is 22.8. The molecule has 0 amide bonds. The van der Waals surface area contributed by atoms with Gasteiger partial charge in [0.25, 0.3) is 0 Å². The van der Waals surface area contributed by atoms with Gasteiger partial charge in [0.2, 0.25) is 0 Å². The van der Waals surface area contributed by atoms with Gasteiger partial charge >= 0.3 is 53.7 Å². The molecule has 1 fully saturated rings. The zero-order valence-electron chi connectivity index (χ0n) is 12.1. The molecule has 1 saturated heterocycles. The number of hydrogen-bond donors (Lipinski definition) is 0. The van der Waals surface area contributed by atoms with Crippen LogP contribution in [0.25, 0.3) is 0 Å². The van der Waals surface area contributed by atoms with E-state index in [2.05, 4.69) is 9.47 Å². The SMILES string of the molecule is FC(F)=C1OCC(F)(C(F)(F)C(F)(F)C(F)(F)C(F)(F)C(F)(F)C(F)(F)F)O1. The zero-order valence-corrected chi connectivity index (χ0v) is 12.1. The minimum absolute atomic E-state index is 2.58. The molecule has 0 aromatic heterocycles. The van der Waals surface area contributed by atoms with Crippen molar-refractivity contribution in [2.75, 3.05) is 6.61 Å². The quantitative estimate of drug-likeness (QED) is 0.507. The topological polar surface area (TPSA) is 18.5 Å². The lowest BCUT2D eigenvalue weighted by atomic mass is 9.91. The Kier molecular flexibility index (Phi) is 5.29. The number of rotatable bonds is 5. The average molecular weight is 458 g/mol. The first kappa shape index (κ1) is 24.3. The number of alkyl halides is 14. The van der Waals surface area contributed by atoms with Crippen molar-refractivity contribution < 1.29 is 79.7 Å². The lowest BCUT2D eigenvalue weighted by molar-refractivity contribution is -0.454. The van der Waals surface area contributed by atoms with E-state index >= 15 is 0 Å². The van der Waals surface area contributed by atoms with Crippen molar-refractivity contribution in [3.8, 4) is 0 Å². The van der Waals surface area contributed by atoms with Crippen LogP contribution >= 0.6 is 0 Å². The van der Waals surface area contributed by atoms with Crippen LogP contribution in [0.4, 0.5) is 70.2 Å². The maximum atomic E-state index is 13.7. The Morgan fingerprint density at radius 3 is 1.39 bits per heavy atom. The second-order valence-electron chi connectivity index (χ2n) is 5.04. The monoisotopic (exact) mass is 458 g/mol. The van der Waals surface area contributed by atoms with Crippen LogP contribution in [0.1, 0.15) is 0 Å². The third-order valence-corrected chi connectivity index (χ3v) is 3.20. The van der Waals surface area contributed by atoms with E-state index in [4.69, 9.17) is 0 Å². The molecule has 1 rings (SSSR count). The minimum Gasteiger partial charge on any atom is -0.454 e. The summed E-state index contributed by atoms with van der Waals surface area (Å²) in [5.41, 5.74) is 0. The van der Waals surface area contributed by atoms with E-state index in [1.807, 2.05) is 0 Å². The van der Waals surface area contributed by atoms with Gasteiger partial charge < -0.3 is 9.47 Å². The molecule has 0 saturated carbocycles. The summed E-state index contributed by atoms with van der Waals surface area (Å²) in [5, 5.41) is 0. The van der Waals surface area contributed by atoms with Crippen molar-refractivity contribution in [2.24, 2.45) is 0 Å². The summed E-state index contributed by atoms with van der Waals surface area (Å²) < 4.78 is 211. The standard InChI is InChI=1S/C10H2F16O2/c11-2(12)3-27-1-4(13,28-3)5(14,15)6(16,17)7(18,19)8(20,21)9(22,23)10(24,25)26/h1H2. The molecule has 2 nitrogen and oxygen atoms in total. The maximum Gasteiger partial charge on any atom is 0.460 e. The van der Waals surface area contributed by atoms with Gasteiger partial charge in [-0.05, 0) is 0 Å². The van der Waals surface area contributed by atoms with Crippen LogP contribution in [0, 0.1) is 0 Å². The first-order chi connectivity index (χ1) is 12.0. The Morgan fingerprint density at radius 2 is 1.07 bits per heavy atom. The Morgan fingerprint density at radius 1 is 0.679 bits per heavy atom. The van der Waals surface area contributed by atoms with Crippen molar-refractivity contribution in [2.45, 2.75) is 41.6 Å². The molecule has 1 aliphatic rings. The second-order valence-corrected chi connectivity index (χ2v) is 5.04. The van der Waals surface area contributed by atoms with Crippen LogP contribution in [-0.2, 0) is 9.47 Å². The summed E-state index contributed by atoms with van der Waals surface area (Å²) in [7, 11) is 0. The van der Waals surface area contributed by atoms with Crippen LogP contribution in [-0.4, -0.2) is 48.3 Å². The van der Waals surface area contributed by atoms with E-state index in [1.54, 1.807) is 0 Å². The molecule has 1 heterocycles. The molecule has 28 heavy (non-hydrogen) atoms. The summed E-state index contributed by atoms with van der Waals surface area (Å²) >= 11 is 0. The molecular formula is C10H2F16O2. The van der Waals surface area contributed by atoms with Crippen LogP contribution in [0.2, 0.25) is 0 Å². The first-order valence-electron chi connectivity index (χ1n) is 6.03. The molecule has 0 aliphatic carbocycles. The van der Waals surface area contributed by atoms with Gasteiger partial charge in [0, 0.05) is 0 Å². The second kappa shape index (κ2) is 6.11. The van der Waals surface area contributed by atoms with Crippen LogP contribution in [0.15, 0.2) is 12.0 Å². The van der Waals surface area contributed by atoms with Gasteiger partial charge in [-0.15, -0.1) is 0 Å². The zero-order chi connectivity index (χ0) is 22.8. The molecule has 0 radical (unpaired) electrons. The van der Waals surface area contributed by atoms with E-state index in [-0.39, 0.29) is 0 Å². The number of halogens is 16. The molecule has 1 aliphatic heterocycles. The highest BCUT2D eigenvalue weighted by Gasteiger charge is 2.93. The van der Waals surface area contributed by atoms with Gasteiger partial charge in [-0.3, -0.25) is 0 Å².